The molecule has 0 radical (unpaired) electrons. The molecule has 0 amide bonds. The van der Waals surface area contributed by atoms with E-state index in [0.29, 0.717) is 0 Å². The third-order valence-electron chi connectivity index (χ3n) is 14.7. The molecule has 13 aromatic rings. The van der Waals surface area contributed by atoms with Crippen LogP contribution in [0.15, 0.2) is 255 Å². The molecule has 0 N–H and O–H groups in total. The number of para-hydroxylation sites is 3. The molecule has 15 rings (SSSR count). The third kappa shape index (κ3) is 6.63. The van der Waals surface area contributed by atoms with E-state index in [1.807, 2.05) is 34.0 Å². The van der Waals surface area contributed by atoms with Crippen molar-refractivity contribution < 1.29 is 0 Å². The molecule has 73 heavy (non-hydrogen) atoms. The quantitative estimate of drug-likeness (QED) is 0.141. The van der Waals surface area contributed by atoms with E-state index < -0.39 is 0 Å². The van der Waals surface area contributed by atoms with Gasteiger partial charge in [0.2, 0.25) is 0 Å². The van der Waals surface area contributed by atoms with Crippen molar-refractivity contribution in [3.05, 3.63) is 255 Å². The normalized spacial score (nSPS) is 12.6. The summed E-state index contributed by atoms with van der Waals surface area (Å²) in [4.78, 5) is 7.80. The molecule has 2 aliphatic heterocycles. The summed E-state index contributed by atoms with van der Waals surface area (Å²) in [6.07, 6.45) is 0. The third-order valence-corrected chi connectivity index (χ3v) is 18.1. The first-order chi connectivity index (χ1) is 36.3. The lowest BCUT2D eigenvalue weighted by Crippen LogP contribution is -2.61. The van der Waals surface area contributed by atoms with Crippen LogP contribution in [0.1, 0.15) is 0 Å². The van der Waals surface area contributed by atoms with Crippen molar-refractivity contribution in [3.63, 3.8) is 0 Å². The van der Waals surface area contributed by atoms with Crippen molar-refractivity contribution in [2.45, 2.75) is 0 Å². The second-order valence-corrected chi connectivity index (χ2v) is 21.8. The SMILES string of the molecule is c1ccc(-c2c(N(c3ccccc3)c3cc4c5c(c3)N(c3sc6ccccc6c3-c3ccccc3)c3ccccc3B5c3ccccc3N4c3sc4ccccc4c3-c3ccccc3)sc3ccccc23)cc1. The lowest BCUT2D eigenvalue weighted by Gasteiger charge is -2.44. The van der Waals surface area contributed by atoms with Gasteiger partial charge in [0.15, 0.2) is 0 Å². The Morgan fingerprint density at radius 1 is 0.315 bits per heavy atom. The lowest BCUT2D eigenvalue weighted by atomic mass is 9.33. The molecule has 0 saturated carbocycles. The molecule has 5 heterocycles. The summed E-state index contributed by atoms with van der Waals surface area (Å²) in [5.41, 5.74) is 18.1. The van der Waals surface area contributed by atoms with Gasteiger partial charge >= 0.3 is 0 Å². The summed E-state index contributed by atoms with van der Waals surface area (Å²) in [5.74, 6) is 0. The molecular weight excluding hydrogens is 942 g/mol. The van der Waals surface area contributed by atoms with Gasteiger partial charge < -0.3 is 14.7 Å². The first-order valence-electron chi connectivity index (χ1n) is 24.8. The maximum absolute atomic E-state index is 2.63. The van der Waals surface area contributed by atoms with Crippen molar-refractivity contribution in [3.8, 4) is 33.4 Å². The van der Waals surface area contributed by atoms with Crippen LogP contribution in [-0.4, -0.2) is 6.71 Å². The van der Waals surface area contributed by atoms with Gasteiger partial charge in [-0.2, -0.15) is 0 Å². The summed E-state index contributed by atoms with van der Waals surface area (Å²) in [6.45, 7) is -0.0440. The minimum Gasteiger partial charge on any atom is -0.302 e. The van der Waals surface area contributed by atoms with Gasteiger partial charge in [-0.15, -0.1) is 34.0 Å². The Kier molecular flexibility index (Phi) is 9.90. The predicted octanol–water partition coefficient (Wildman–Crippen LogP) is 17.9. The summed E-state index contributed by atoms with van der Waals surface area (Å²) in [5, 5.41) is 7.33. The van der Waals surface area contributed by atoms with Crippen LogP contribution in [0.3, 0.4) is 0 Å². The van der Waals surface area contributed by atoms with E-state index in [2.05, 4.69) is 269 Å². The Morgan fingerprint density at radius 2 is 0.685 bits per heavy atom. The maximum atomic E-state index is 2.63. The zero-order chi connectivity index (χ0) is 48.0. The molecule has 0 bridgehead atoms. The van der Waals surface area contributed by atoms with Gasteiger partial charge in [-0.05, 0) is 87.7 Å². The maximum Gasteiger partial charge on any atom is 0.252 e. The van der Waals surface area contributed by atoms with Gasteiger partial charge in [0.05, 0.1) is 5.69 Å². The van der Waals surface area contributed by atoms with E-state index in [1.165, 1.54) is 118 Å². The van der Waals surface area contributed by atoms with Crippen LogP contribution >= 0.6 is 34.0 Å². The Labute approximate surface area is 436 Å². The highest BCUT2D eigenvalue weighted by atomic mass is 32.1. The first-order valence-corrected chi connectivity index (χ1v) is 27.2. The van der Waals surface area contributed by atoms with Gasteiger partial charge in [0, 0.05) is 75.4 Å². The summed E-state index contributed by atoms with van der Waals surface area (Å²) < 4.78 is 3.77. The van der Waals surface area contributed by atoms with Gasteiger partial charge in [-0.3, -0.25) is 0 Å². The average Bonchev–Trinajstić information content (AvgIpc) is 4.16. The minimum absolute atomic E-state index is 0.0440. The van der Waals surface area contributed by atoms with Crippen molar-refractivity contribution in [1.29, 1.82) is 0 Å². The minimum atomic E-state index is -0.0440. The molecule has 10 aromatic carbocycles. The number of nitrogens with zero attached hydrogens (tertiary/aromatic N) is 3. The zero-order valence-electron chi connectivity index (χ0n) is 39.4. The molecule has 2 aliphatic rings. The zero-order valence-corrected chi connectivity index (χ0v) is 41.8. The number of thiophene rings is 3. The fourth-order valence-electron chi connectivity index (χ4n) is 11.6. The fraction of sp³-hybridized carbons (Fsp3) is 0. The van der Waals surface area contributed by atoms with Crippen LogP contribution in [0.25, 0.3) is 63.6 Å². The molecule has 0 aliphatic carbocycles. The monoisotopic (exact) mass is 983 g/mol. The standard InChI is InChI=1S/C66H42BN3S3/c1-5-23-43(24-6-1)60-48-31-13-20-38-57(48)71-64(60)68(46-29-11-4-12-30-46)47-41-55-63-56(42-47)70(66-62(45-27-9-3-10-28-45)50-33-15-22-40-59(50)73-66)54-37-19-17-35-52(54)67(63)51-34-16-18-36-53(51)69(55)65-61(44-25-7-2-8-26-44)49-32-14-21-39-58(49)72-65/h1-42H. The van der Waals surface area contributed by atoms with Crippen molar-refractivity contribution in [2.24, 2.45) is 0 Å². The molecule has 0 fully saturated rings. The highest BCUT2D eigenvalue weighted by Gasteiger charge is 2.45. The van der Waals surface area contributed by atoms with E-state index >= 15 is 0 Å². The molecule has 7 heteroatoms. The van der Waals surface area contributed by atoms with Crippen LogP contribution < -0.4 is 31.1 Å². The number of anilines is 9. The summed E-state index contributed by atoms with van der Waals surface area (Å²) in [6, 6.07) is 94.2. The van der Waals surface area contributed by atoms with E-state index in [-0.39, 0.29) is 6.71 Å². The smallest absolute Gasteiger partial charge is 0.252 e. The van der Waals surface area contributed by atoms with Gasteiger partial charge in [0.1, 0.15) is 15.0 Å². The van der Waals surface area contributed by atoms with Crippen LogP contribution in [-0.2, 0) is 0 Å². The summed E-state index contributed by atoms with van der Waals surface area (Å²) in [7, 11) is 0. The highest BCUT2D eigenvalue weighted by molar-refractivity contribution is 7.25. The highest BCUT2D eigenvalue weighted by Crippen LogP contribution is 2.57. The van der Waals surface area contributed by atoms with Crippen LogP contribution in [0.5, 0.6) is 0 Å². The number of fused-ring (bicyclic) bond motifs is 7. The lowest BCUT2D eigenvalue weighted by molar-refractivity contribution is 1.25. The second-order valence-electron chi connectivity index (χ2n) is 18.7. The number of benzene rings is 10. The topological polar surface area (TPSA) is 9.72 Å². The number of hydrogen-bond acceptors (Lipinski definition) is 6. The fourth-order valence-corrected chi connectivity index (χ4v) is 15.4. The Balaban J connectivity index is 1.11. The largest absolute Gasteiger partial charge is 0.302 e. The first kappa shape index (κ1) is 42.2. The number of hydrogen-bond donors (Lipinski definition) is 0. The van der Waals surface area contributed by atoms with E-state index in [9.17, 15) is 0 Å². The van der Waals surface area contributed by atoms with Crippen molar-refractivity contribution in [1.82, 2.24) is 0 Å². The van der Waals surface area contributed by atoms with Gasteiger partial charge in [-0.1, -0.05) is 200 Å². The van der Waals surface area contributed by atoms with E-state index in [1.54, 1.807) is 0 Å². The molecule has 342 valence electrons. The molecule has 0 saturated heterocycles. The summed E-state index contributed by atoms with van der Waals surface area (Å²) >= 11 is 5.63. The van der Waals surface area contributed by atoms with E-state index in [4.69, 9.17) is 0 Å². The molecule has 3 aromatic heterocycles. The van der Waals surface area contributed by atoms with E-state index in [0.717, 1.165) is 11.4 Å². The van der Waals surface area contributed by atoms with Crippen LogP contribution in [0.2, 0.25) is 0 Å². The molecule has 0 atom stereocenters. The molecule has 0 spiro atoms. The van der Waals surface area contributed by atoms with Crippen molar-refractivity contribution in [2.75, 3.05) is 14.7 Å². The van der Waals surface area contributed by atoms with Crippen LogP contribution in [0, 0.1) is 0 Å². The van der Waals surface area contributed by atoms with Gasteiger partial charge in [-0.25, -0.2) is 0 Å². The Hall–Kier alpha value is -8.46. The van der Waals surface area contributed by atoms with Gasteiger partial charge in [0.25, 0.3) is 6.71 Å². The second kappa shape index (κ2) is 17.1. The molecule has 0 unspecified atom stereocenters. The number of rotatable bonds is 8. The van der Waals surface area contributed by atoms with Crippen LogP contribution in [0.4, 0.5) is 49.1 Å². The molecule has 3 nitrogen and oxygen atoms in total. The molecular formula is C66H42BN3S3. The Bertz CT molecular complexity index is 4050. The van der Waals surface area contributed by atoms with Crippen molar-refractivity contribution >= 4 is 136 Å². The predicted molar refractivity (Wildman–Crippen MR) is 318 cm³/mol. The average molecular weight is 984 g/mol. The Morgan fingerprint density at radius 3 is 1.16 bits per heavy atom.